The van der Waals surface area contributed by atoms with Gasteiger partial charge in [0.25, 0.3) is 0 Å². The molecule has 1 aliphatic heterocycles. The molecule has 1 fully saturated rings. The van der Waals surface area contributed by atoms with Crippen LogP contribution >= 0.6 is 23.2 Å². The molecule has 2 aromatic heterocycles. The topological polar surface area (TPSA) is 87.5 Å². The number of carbonyl (C=O) groups is 1. The highest BCUT2D eigenvalue weighted by atomic mass is 35.5. The summed E-state index contributed by atoms with van der Waals surface area (Å²) in [6.45, 7) is 3.16. The zero-order valence-electron chi connectivity index (χ0n) is 19.7. The predicted molar refractivity (Wildman–Crippen MR) is 138 cm³/mol. The molecule has 35 heavy (non-hydrogen) atoms. The van der Waals surface area contributed by atoms with Gasteiger partial charge in [-0.1, -0.05) is 23.2 Å². The average molecular weight is 540 g/mol. The standard InChI is InChI=1S/C23H27Cl2N5O4S/c1-27(35(3,32)33)17-5-7-21-26-23(18-6-4-16(24)12-19(18)25)20(30(21)13-17)14-28-8-10-29(11-9-28)22(31)15-34-2/h4-7,12-13H,8-11,14-15H2,1-3H3. The van der Waals surface area contributed by atoms with Crippen molar-refractivity contribution in [2.75, 3.05) is 57.5 Å². The van der Waals surface area contributed by atoms with Gasteiger partial charge in [-0.3, -0.25) is 18.4 Å². The van der Waals surface area contributed by atoms with Crippen molar-refractivity contribution in [1.82, 2.24) is 19.2 Å². The molecule has 0 N–H and O–H groups in total. The van der Waals surface area contributed by atoms with E-state index in [0.29, 0.717) is 59.8 Å². The lowest BCUT2D eigenvalue weighted by molar-refractivity contribution is -0.136. The van der Waals surface area contributed by atoms with Crippen LogP contribution in [0.5, 0.6) is 0 Å². The highest BCUT2D eigenvalue weighted by Crippen LogP contribution is 2.34. The highest BCUT2D eigenvalue weighted by Gasteiger charge is 2.25. The van der Waals surface area contributed by atoms with Crippen molar-refractivity contribution < 1.29 is 17.9 Å². The molecule has 1 saturated heterocycles. The van der Waals surface area contributed by atoms with Crippen molar-refractivity contribution in [3.63, 3.8) is 0 Å². The van der Waals surface area contributed by atoms with Crippen molar-refractivity contribution >= 4 is 50.5 Å². The third kappa shape index (κ3) is 5.57. The molecule has 0 radical (unpaired) electrons. The van der Waals surface area contributed by atoms with Crippen molar-refractivity contribution in [1.29, 1.82) is 0 Å². The minimum atomic E-state index is -3.43. The maximum atomic E-state index is 12.2. The first-order valence-electron chi connectivity index (χ1n) is 11.0. The number of pyridine rings is 1. The van der Waals surface area contributed by atoms with Crippen LogP contribution in [0.1, 0.15) is 5.69 Å². The van der Waals surface area contributed by atoms with Crippen molar-refractivity contribution in [3.8, 4) is 11.3 Å². The normalized spacial score (nSPS) is 15.1. The van der Waals surface area contributed by atoms with Gasteiger partial charge in [-0.2, -0.15) is 0 Å². The molecule has 0 bridgehead atoms. The minimum Gasteiger partial charge on any atom is -0.375 e. The van der Waals surface area contributed by atoms with Gasteiger partial charge in [0.1, 0.15) is 12.3 Å². The van der Waals surface area contributed by atoms with E-state index in [-0.39, 0.29) is 12.5 Å². The Balaban J connectivity index is 1.73. The van der Waals surface area contributed by atoms with Crippen LogP contribution in [-0.4, -0.2) is 86.7 Å². The fraction of sp³-hybridized carbons (Fsp3) is 0.391. The third-order valence-corrected chi connectivity index (χ3v) is 7.87. The number of carbonyl (C=O) groups excluding carboxylic acids is 1. The Hall–Kier alpha value is -2.37. The number of benzene rings is 1. The van der Waals surface area contributed by atoms with Crippen molar-refractivity contribution in [3.05, 3.63) is 52.3 Å². The summed E-state index contributed by atoms with van der Waals surface area (Å²) in [5.74, 6) is -0.0240. The average Bonchev–Trinajstić information content (AvgIpc) is 3.15. The summed E-state index contributed by atoms with van der Waals surface area (Å²) in [4.78, 5) is 21.0. The van der Waals surface area contributed by atoms with E-state index in [1.54, 1.807) is 35.4 Å². The van der Waals surface area contributed by atoms with Crippen LogP contribution < -0.4 is 4.31 Å². The molecule has 0 atom stereocenters. The van der Waals surface area contributed by atoms with E-state index in [2.05, 4.69) is 4.90 Å². The van der Waals surface area contributed by atoms with Gasteiger partial charge in [-0.05, 0) is 30.3 Å². The number of fused-ring (bicyclic) bond motifs is 1. The van der Waals surface area contributed by atoms with E-state index in [1.165, 1.54) is 18.5 Å². The maximum Gasteiger partial charge on any atom is 0.248 e. The number of sulfonamides is 1. The summed E-state index contributed by atoms with van der Waals surface area (Å²) in [6.07, 6.45) is 2.93. The van der Waals surface area contributed by atoms with Crippen LogP contribution in [0.25, 0.3) is 16.9 Å². The van der Waals surface area contributed by atoms with E-state index in [9.17, 15) is 13.2 Å². The van der Waals surface area contributed by atoms with Crippen molar-refractivity contribution in [2.45, 2.75) is 6.54 Å². The number of halogens is 2. The lowest BCUT2D eigenvalue weighted by Crippen LogP contribution is -2.49. The highest BCUT2D eigenvalue weighted by molar-refractivity contribution is 7.92. The van der Waals surface area contributed by atoms with Crippen LogP contribution in [0.4, 0.5) is 5.69 Å². The molecule has 3 heterocycles. The Bertz CT molecular complexity index is 1350. The molecular weight excluding hydrogens is 513 g/mol. The largest absolute Gasteiger partial charge is 0.375 e. The van der Waals surface area contributed by atoms with Gasteiger partial charge in [0.05, 0.1) is 28.4 Å². The zero-order valence-corrected chi connectivity index (χ0v) is 22.1. The number of hydrogen-bond acceptors (Lipinski definition) is 6. The van der Waals surface area contributed by atoms with Gasteiger partial charge in [0, 0.05) is 63.7 Å². The summed E-state index contributed by atoms with van der Waals surface area (Å²) in [5, 5.41) is 1.00. The zero-order chi connectivity index (χ0) is 25.3. The Kier molecular flexibility index (Phi) is 7.58. The Labute approximate surface area is 214 Å². The van der Waals surface area contributed by atoms with E-state index in [4.69, 9.17) is 32.9 Å². The molecule has 3 aromatic rings. The number of methoxy groups -OCH3 is 1. The summed E-state index contributed by atoms with van der Waals surface area (Å²) in [5.41, 5.74) is 3.48. The lowest BCUT2D eigenvalue weighted by atomic mass is 10.1. The number of rotatable bonds is 7. The van der Waals surface area contributed by atoms with Crippen LogP contribution in [0.2, 0.25) is 10.0 Å². The second kappa shape index (κ2) is 10.3. The number of amides is 1. The van der Waals surface area contributed by atoms with Gasteiger partial charge in [-0.25, -0.2) is 13.4 Å². The monoisotopic (exact) mass is 539 g/mol. The number of imidazole rings is 1. The van der Waals surface area contributed by atoms with Gasteiger partial charge in [0.15, 0.2) is 0 Å². The summed E-state index contributed by atoms with van der Waals surface area (Å²) in [7, 11) is -0.409. The summed E-state index contributed by atoms with van der Waals surface area (Å²) < 4.78 is 32.4. The molecule has 1 amide bonds. The summed E-state index contributed by atoms with van der Waals surface area (Å²) in [6, 6.07) is 8.78. The van der Waals surface area contributed by atoms with E-state index < -0.39 is 10.0 Å². The second-order valence-corrected chi connectivity index (χ2v) is 11.3. The number of aromatic nitrogens is 2. The molecule has 0 aliphatic carbocycles. The van der Waals surface area contributed by atoms with Gasteiger partial charge < -0.3 is 9.64 Å². The van der Waals surface area contributed by atoms with Crippen LogP contribution in [0, 0.1) is 0 Å². The number of piperazine rings is 1. The first-order chi connectivity index (χ1) is 16.6. The van der Waals surface area contributed by atoms with E-state index in [0.717, 1.165) is 17.5 Å². The molecule has 12 heteroatoms. The molecule has 188 valence electrons. The van der Waals surface area contributed by atoms with Crippen LogP contribution in [-0.2, 0) is 26.1 Å². The number of nitrogens with zero attached hydrogens (tertiary/aromatic N) is 5. The molecule has 4 rings (SSSR count). The fourth-order valence-electron chi connectivity index (χ4n) is 4.09. The summed E-state index contributed by atoms with van der Waals surface area (Å²) >= 11 is 12.7. The van der Waals surface area contributed by atoms with Crippen LogP contribution in [0.15, 0.2) is 36.5 Å². The third-order valence-electron chi connectivity index (χ3n) is 6.12. The number of hydrogen-bond donors (Lipinski definition) is 0. The Morgan fingerprint density at radius 3 is 2.49 bits per heavy atom. The van der Waals surface area contributed by atoms with Crippen LogP contribution in [0.3, 0.4) is 0 Å². The Morgan fingerprint density at radius 2 is 1.86 bits per heavy atom. The molecule has 1 aromatic carbocycles. The van der Waals surface area contributed by atoms with Gasteiger partial charge in [-0.15, -0.1) is 0 Å². The second-order valence-electron chi connectivity index (χ2n) is 8.47. The number of anilines is 1. The molecule has 1 aliphatic rings. The van der Waals surface area contributed by atoms with E-state index >= 15 is 0 Å². The predicted octanol–water partition coefficient (Wildman–Crippen LogP) is 2.99. The minimum absolute atomic E-state index is 0.0240. The fourth-order valence-corrected chi connectivity index (χ4v) is 5.08. The quantitative estimate of drug-likeness (QED) is 0.458. The maximum absolute atomic E-state index is 12.2. The smallest absolute Gasteiger partial charge is 0.248 e. The molecule has 0 unspecified atom stereocenters. The van der Waals surface area contributed by atoms with Gasteiger partial charge >= 0.3 is 0 Å². The van der Waals surface area contributed by atoms with E-state index in [1.807, 2.05) is 10.5 Å². The first-order valence-corrected chi connectivity index (χ1v) is 13.6. The van der Waals surface area contributed by atoms with Crippen molar-refractivity contribution in [2.24, 2.45) is 0 Å². The Morgan fingerprint density at radius 1 is 1.14 bits per heavy atom. The molecule has 0 spiro atoms. The lowest BCUT2D eigenvalue weighted by Gasteiger charge is -2.34. The molecule has 0 saturated carbocycles. The molecule has 9 nitrogen and oxygen atoms in total. The SMILES string of the molecule is COCC(=O)N1CCN(Cc2c(-c3ccc(Cl)cc3Cl)nc3ccc(N(C)S(C)(=O)=O)cn23)CC1. The first kappa shape index (κ1) is 25.7. The van der Waals surface area contributed by atoms with Gasteiger partial charge in [0.2, 0.25) is 15.9 Å². The number of ether oxygens (including phenoxy) is 1. The molecular formula is C23H27Cl2N5O4S.